The molecule has 0 saturated carbocycles. The number of ketones is 1. The summed E-state index contributed by atoms with van der Waals surface area (Å²) in [5.74, 6) is -1.77. The zero-order valence-corrected chi connectivity index (χ0v) is 17.4. The molecule has 1 heterocycles. The van der Waals surface area contributed by atoms with Gasteiger partial charge in [0, 0.05) is 31.7 Å². The summed E-state index contributed by atoms with van der Waals surface area (Å²) in [6, 6.07) is 5.34. The molecule has 0 bridgehead atoms. The number of carboxylic acids is 1. The van der Waals surface area contributed by atoms with Crippen molar-refractivity contribution in [2.45, 2.75) is 19.8 Å². The van der Waals surface area contributed by atoms with Gasteiger partial charge in [-0.25, -0.2) is 0 Å². The molecule has 1 N–H and O–H groups in total. The van der Waals surface area contributed by atoms with Crippen molar-refractivity contribution in [3.05, 3.63) is 54.1 Å². The van der Waals surface area contributed by atoms with Gasteiger partial charge in [-0.1, -0.05) is 15.9 Å². The van der Waals surface area contributed by atoms with E-state index in [-0.39, 0.29) is 5.78 Å². The Morgan fingerprint density at radius 3 is 2.35 bits per heavy atom. The molecule has 1 unspecified atom stereocenters. The molecule has 7 heteroatoms. The lowest BCUT2D eigenvalue weighted by Gasteiger charge is -2.12. The third kappa shape index (κ3) is 3.46. The first kappa shape index (κ1) is 18.4. The number of aliphatic carboxylic acids is 1. The number of halogens is 3. The summed E-state index contributed by atoms with van der Waals surface area (Å²) in [5, 5.41) is 9.21. The van der Waals surface area contributed by atoms with E-state index in [1.807, 2.05) is 13.0 Å². The van der Waals surface area contributed by atoms with E-state index in [1.54, 1.807) is 30.7 Å². The van der Waals surface area contributed by atoms with Crippen molar-refractivity contribution >= 4 is 59.5 Å². The predicted molar refractivity (Wildman–Crippen MR) is 99.2 cm³/mol. The van der Waals surface area contributed by atoms with Crippen molar-refractivity contribution < 1.29 is 14.7 Å². The zero-order chi connectivity index (χ0) is 17.5. The van der Waals surface area contributed by atoms with E-state index >= 15 is 0 Å². The number of hydrogen-bond acceptors (Lipinski definition) is 2. The molecule has 2 rings (SSSR count). The van der Waals surface area contributed by atoms with Crippen LogP contribution in [-0.2, 0) is 11.8 Å². The average molecular weight is 508 g/mol. The lowest BCUT2D eigenvalue weighted by atomic mass is 10.1. The molecule has 0 aliphatic heterocycles. The van der Waals surface area contributed by atoms with Crippen molar-refractivity contribution in [3.63, 3.8) is 0 Å². The Bertz CT molecular complexity index is 811. The van der Waals surface area contributed by atoms with Crippen LogP contribution in [0.2, 0.25) is 0 Å². The maximum Gasteiger partial charge on any atom is 0.312 e. The van der Waals surface area contributed by atoms with Crippen LogP contribution >= 0.6 is 47.8 Å². The highest BCUT2D eigenvalue weighted by molar-refractivity contribution is 9.13. The summed E-state index contributed by atoms with van der Waals surface area (Å²) in [5.41, 5.74) is 2.34. The van der Waals surface area contributed by atoms with Crippen LogP contribution in [0, 0.1) is 6.92 Å². The summed E-state index contributed by atoms with van der Waals surface area (Å²) in [6.07, 6.45) is 0. The molecule has 23 heavy (non-hydrogen) atoms. The van der Waals surface area contributed by atoms with Crippen molar-refractivity contribution in [1.82, 2.24) is 4.57 Å². The van der Waals surface area contributed by atoms with Crippen molar-refractivity contribution in [2.24, 2.45) is 7.05 Å². The van der Waals surface area contributed by atoms with E-state index in [1.165, 1.54) is 0 Å². The minimum atomic E-state index is -0.920. The van der Waals surface area contributed by atoms with Crippen LogP contribution in [0.15, 0.2) is 31.6 Å². The van der Waals surface area contributed by atoms with Crippen LogP contribution in [0.1, 0.15) is 40.2 Å². The lowest BCUT2D eigenvalue weighted by Crippen LogP contribution is -2.15. The number of aryl methyl sites for hydroxylation is 1. The molecule has 0 saturated heterocycles. The van der Waals surface area contributed by atoms with E-state index in [0.717, 1.165) is 14.5 Å². The Morgan fingerprint density at radius 2 is 1.78 bits per heavy atom. The van der Waals surface area contributed by atoms with Gasteiger partial charge in [-0.2, -0.15) is 0 Å². The highest BCUT2D eigenvalue weighted by atomic mass is 79.9. The van der Waals surface area contributed by atoms with Crippen LogP contribution in [0.4, 0.5) is 0 Å². The number of hydrogen-bond donors (Lipinski definition) is 1. The number of carbonyl (C=O) groups excluding carboxylic acids is 1. The van der Waals surface area contributed by atoms with Crippen molar-refractivity contribution in [1.29, 1.82) is 0 Å². The van der Waals surface area contributed by atoms with Gasteiger partial charge in [-0.15, -0.1) is 0 Å². The molecular formula is C16H14Br3NO3. The summed E-state index contributed by atoms with van der Waals surface area (Å²) in [7, 11) is 1.72. The number of aromatic nitrogens is 1. The minimum absolute atomic E-state index is 0.164. The first-order valence-corrected chi connectivity index (χ1v) is 9.11. The molecule has 0 spiro atoms. The second kappa shape index (κ2) is 6.91. The minimum Gasteiger partial charge on any atom is -0.481 e. The van der Waals surface area contributed by atoms with E-state index in [9.17, 15) is 14.7 Å². The Hall–Kier alpha value is -0.920. The van der Waals surface area contributed by atoms with E-state index < -0.39 is 11.9 Å². The average Bonchev–Trinajstić information content (AvgIpc) is 2.76. The highest BCUT2D eigenvalue weighted by Gasteiger charge is 2.25. The second-order valence-electron chi connectivity index (χ2n) is 5.30. The van der Waals surface area contributed by atoms with Crippen LogP contribution in [0.5, 0.6) is 0 Å². The van der Waals surface area contributed by atoms with Gasteiger partial charge in [-0.3, -0.25) is 9.59 Å². The molecule has 0 radical (unpaired) electrons. The fourth-order valence-electron chi connectivity index (χ4n) is 2.50. The van der Waals surface area contributed by atoms with Gasteiger partial charge in [0.1, 0.15) is 0 Å². The third-order valence-electron chi connectivity index (χ3n) is 3.73. The molecule has 0 aliphatic rings. The van der Waals surface area contributed by atoms with Crippen LogP contribution < -0.4 is 0 Å². The number of benzene rings is 1. The fraction of sp³-hybridized carbons (Fsp3) is 0.250. The Balaban J connectivity index is 2.60. The normalized spacial score (nSPS) is 12.3. The van der Waals surface area contributed by atoms with Gasteiger partial charge < -0.3 is 9.67 Å². The summed E-state index contributed by atoms with van der Waals surface area (Å²) >= 11 is 10.2. The molecule has 0 amide bonds. The first-order valence-electron chi connectivity index (χ1n) is 6.73. The molecule has 122 valence electrons. The molecule has 2 aromatic rings. The second-order valence-corrected chi connectivity index (χ2v) is 7.86. The van der Waals surface area contributed by atoms with E-state index in [0.29, 0.717) is 21.4 Å². The van der Waals surface area contributed by atoms with Gasteiger partial charge >= 0.3 is 5.97 Å². The molecule has 1 aromatic carbocycles. The number of carbonyl (C=O) groups is 2. The number of nitrogens with zero attached hydrogens (tertiary/aromatic N) is 1. The van der Waals surface area contributed by atoms with Gasteiger partial charge in [-0.05, 0) is 69.5 Å². The SMILES string of the molecule is Cc1cc(C(C)C(=O)O)n(C)c1C(=O)c1cc(Br)cc(Br)c1Br. The van der Waals surface area contributed by atoms with E-state index in [4.69, 9.17) is 0 Å². The quantitative estimate of drug-likeness (QED) is 0.466. The third-order valence-corrected chi connectivity index (χ3v) is 6.20. The van der Waals surface area contributed by atoms with E-state index in [2.05, 4.69) is 47.8 Å². The number of carboxylic acid groups (broad SMARTS) is 1. The van der Waals surface area contributed by atoms with Gasteiger partial charge in [0.25, 0.3) is 0 Å². The molecule has 1 aromatic heterocycles. The largest absolute Gasteiger partial charge is 0.481 e. The molecule has 0 fully saturated rings. The van der Waals surface area contributed by atoms with Crippen molar-refractivity contribution in [3.8, 4) is 0 Å². The van der Waals surface area contributed by atoms with Crippen molar-refractivity contribution in [2.75, 3.05) is 0 Å². The standard InChI is InChI=1S/C16H14Br3NO3/c1-7-4-12(8(2)16(22)23)20(3)14(7)15(21)10-5-9(17)6-11(18)13(10)19/h4-6,8H,1-3H3,(H,22,23). The monoisotopic (exact) mass is 505 g/mol. The fourth-order valence-corrected chi connectivity index (χ4v) is 4.14. The first-order chi connectivity index (χ1) is 10.6. The van der Waals surface area contributed by atoms with Gasteiger partial charge in [0.2, 0.25) is 5.78 Å². The number of rotatable bonds is 4. The Labute approximate surface area is 159 Å². The van der Waals surface area contributed by atoms with Crippen LogP contribution in [0.25, 0.3) is 0 Å². The predicted octanol–water partition coefficient (Wildman–Crippen LogP) is 5.04. The summed E-state index contributed by atoms with van der Waals surface area (Å²) < 4.78 is 3.87. The Morgan fingerprint density at radius 1 is 1.17 bits per heavy atom. The maximum atomic E-state index is 13.0. The van der Waals surface area contributed by atoms with Gasteiger partial charge in [0.05, 0.1) is 11.6 Å². The van der Waals surface area contributed by atoms with Crippen LogP contribution in [0.3, 0.4) is 0 Å². The summed E-state index contributed by atoms with van der Waals surface area (Å²) in [4.78, 5) is 24.2. The van der Waals surface area contributed by atoms with Gasteiger partial charge in [0.15, 0.2) is 0 Å². The summed E-state index contributed by atoms with van der Waals surface area (Å²) in [6.45, 7) is 3.42. The molecular weight excluding hydrogens is 494 g/mol. The molecule has 0 aliphatic carbocycles. The maximum absolute atomic E-state index is 13.0. The topological polar surface area (TPSA) is 59.3 Å². The molecule has 4 nitrogen and oxygen atoms in total. The smallest absolute Gasteiger partial charge is 0.312 e. The Kier molecular flexibility index (Phi) is 5.53. The molecule has 1 atom stereocenters. The lowest BCUT2D eigenvalue weighted by molar-refractivity contribution is -0.138. The highest BCUT2D eigenvalue weighted by Crippen LogP contribution is 2.33. The zero-order valence-electron chi connectivity index (χ0n) is 12.7. The van der Waals surface area contributed by atoms with Crippen LogP contribution in [-0.4, -0.2) is 21.4 Å².